The van der Waals surface area contributed by atoms with Crippen molar-refractivity contribution in [1.29, 1.82) is 0 Å². The molecule has 5 nitrogen and oxygen atoms in total. The van der Waals surface area contributed by atoms with E-state index in [1.165, 1.54) is 24.5 Å². The van der Waals surface area contributed by atoms with Crippen LogP contribution in [0.4, 0.5) is 11.4 Å². The molecule has 0 N–H and O–H groups in total. The molecule has 1 aromatic carbocycles. The number of rotatable bonds is 7. The topological polar surface area (TPSA) is 49.6 Å². The van der Waals surface area contributed by atoms with Gasteiger partial charge in [-0.1, -0.05) is 6.92 Å². The van der Waals surface area contributed by atoms with Gasteiger partial charge in [-0.2, -0.15) is 11.8 Å². The second-order valence-corrected chi connectivity index (χ2v) is 6.55. The molecule has 1 saturated heterocycles. The number of hydrogen-bond donors (Lipinski definition) is 0. The van der Waals surface area contributed by atoms with Crippen molar-refractivity contribution >= 4 is 23.1 Å². The minimum absolute atomic E-state index is 0.158. The number of piperazine rings is 1. The maximum Gasteiger partial charge on any atom is 0.269 e. The van der Waals surface area contributed by atoms with E-state index < -0.39 is 0 Å². The lowest BCUT2D eigenvalue weighted by Crippen LogP contribution is -2.46. The zero-order chi connectivity index (χ0) is 15.1. The molecular formula is C15H23N3O2S. The third kappa shape index (κ3) is 4.89. The average molecular weight is 309 g/mol. The van der Waals surface area contributed by atoms with Crippen molar-refractivity contribution in [2.75, 3.05) is 49.1 Å². The molecule has 2 rings (SSSR count). The summed E-state index contributed by atoms with van der Waals surface area (Å²) < 4.78 is 0. The monoisotopic (exact) mass is 309 g/mol. The first-order valence-corrected chi connectivity index (χ1v) is 8.65. The quantitative estimate of drug-likeness (QED) is 0.440. The van der Waals surface area contributed by atoms with Gasteiger partial charge in [0.15, 0.2) is 0 Å². The Kier molecular flexibility index (Phi) is 6.32. The summed E-state index contributed by atoms with van der Waals surface area (Å²) in [4.78, 5) is 15.1. The van der Waals surface area contributed by atoms with E-state index >= 15 is 0 Å². The van der Waals surface area contributed by atoms with Crippen LogP contribution < -0.4 is 4.90 Å². The Morgan fingerprint density at radius 2 is 1.86 bits per heavy atom. The molecule has 116 valence electrons. The van der Waals surface area contributed by atoms with Crippen molar-refractivity contribution in [3.8, 4) is 0 Å². The van der Waals surface area contributed by atoms with Crippen LogP contribution in [0.15, 0.2) is 24.3 Å². The molecule has 0 bridgehead atoms. The normalized spacial score (nSPS) is 16.1. The van der Waals surface area contributed by atoms with Gasteiger partial charge in [0.25, 0.3) is 5.69 Å². The summed E-state index contributed by atoms with van der Waals surface area (Å²) in [6.07, 6.45) is 1.26. The maximum atomic E-state index is 10.7. The summed E-state index contributed by atoms with van der Waals surface area (Å²) in [5, 5.41) is 10.7. The minimum atomic E-state index is -0.351. The van der Waals surface area contributed by atoms with Crippen molar-refractivity contribution in [2.24, 2.45) is 0 Å². The van der Waals surface area contributed by atoms with E-state index in [2.05, 4.69) is 16.7 Å². The van der Waals surface area contributed by atoms with Crippen molar-refractivity contribution in [3.05, 3.63) is 34.4 Å². The highest BCUT2D eigenvalue weighted by molar-refractivity contribution is 7.99. The molecule has 0 aromatic heterocycles. The molecule has 1 aliphatic rings. The van der Waals surface area contributed by atoms with Gasteiger partial charge in [-0.05, 0) is 36.6 Å². The van der Waals surface area contributed by atoms with Crippen LogP contribution in [0.1, 0.15) is 13.3 Å². The highest BCUT2D eigenvalue weighted by Crippen LogP contribution is 2.20. The van der Waals surface area contributed by atoms with Crippen molar-refractivity contribution in [1.82, 2.24) is 4.90 Å². The maximum absolute atomic E-state index is 10.7. The molecule has 0 aliphatic carbocycles. The Bertz CT molecular complexity index is 445. The lowest BCUT2D eigenvalue weighted by atomic mass is 10.2. The van der Waals surface area contributed by atoms with Gasteiger partial charge in [0.1, 0.15) is 0 Å². The summed E-state index contributed by atoms with van der Waals surface area (Å²) >= 11 is 2.01. The van der Waals surface area contributed by atoms with Crippen molar-refractivity contribution < 1.29 is 4.92 Å². The number of nitro groups is 1. The third-order valence-corrected chi connectivity index (χ3v) is 4.75. The number of benzene rings is 1. The van der Waals surface area contributed by atoms with Crippen molar-refractivity contribution in [3.63, 3.8) is 0 Å². The molecule has 0 amide bonds. The number of hydrogen-bond acceptors (Lipinski definition) is 5. The number of nitrogens with zero attached hydrogens (tertiary/aromatic N) is 3. The predicted octanol–water partition coefficient (Wildman–Crippen LogP) is 2.86. The minimum Gasteiger partial charge on any atom is -0.369 e. The Morgan fingerprint density at radius 3 is 2.43 bits per heavy atom. The molecule has 1 heterocycles. The summed E-state index contributed by atoms with van der Waals surface area (Å²) in [6, 6.07) is 6.88. The van der Waals surface area contributed by atoms with E-state index in [0.29, 0.717) is 0 Å². The van der Waals surface area contributed by atoms with Gasteiger partial charge in [0, 0.05) is 44.0 Å². The second-order valence-electron chi connectivity index (χ2n) is 5.15. The lowest BCUT2D eigenvalue weighted by Gasteiger charge is -2.36. The van der Waals surface area contributed by atoms with E-state index in [1.54, 1.807) is 12.1 Å². The smallest absolute Gasteiger partial charge is 0.269 e. The molecular weight excluding hydrogens is 286 g/mol. The van der Waals surface area contributed by atoms with Crippen LogP contribution in [0, 0.1) is 10.1 Å². The van der Waals surface area contributed by atoms with Crippen LogP contribution in [0.5, 0.6) is 0 Å². The van der Waals surface area contributed by atoms with Crippen LogP contribution in [0.25, 0.3) is 0 Å². The fraction of sp³-hybridized carbons (Fsp3) is 0.600. The van der Waals surface area contributed by atoms with Gasteiger partial charge < -0.3 is 4.90 Å². The molecule has 21 heavy (non-hydrogen) atoms. The number of thioether (sulfide) groups is 1. The van der Waals surface area contributed by atoms with E-state index in [9.17, 15) is 10.1 Å². The summed E-state index contributed by atoms with van der Waals surface area (Å²) in [5.74, 6) is 2.45. The highest BCUT2D eigenvalue weighted by atomic mass is 32.2. The first kappa shape index (κ1) is 16.1. The molecule has 1 aromatic rings. The first-order valence-electron chi connectivity index (χ1n) is 7.50. The van der Waals surface area contributed by atoms with Crippen LogP contribution in [-0.4, -0.2) is 54.1 Å². The van der Waals surface area contributed by atoms with Gasteiger partial charge in [-0.3, -0.25) is 15.0 Å². The van der Waals surface area contributed by atoms with Gasteiger partial charge >= 0.3 is 0 Å². The van der Waals surface area contributed by atoms with E-state index in [-0.39, 0.29) is 10.6 Å². The van der Waals surface area contributed by atoms with E-state index in [4.69, 9.17) is 0 Å². The fourth-order valence-corrected chi connectivity index (χ4v) is 3.17. The summed E-state index contributed by atoms with van der Waals surface area (Å²) in [6.45, 7) is 7.54. The molecule has 0 saturated carbocycles. The molecule has 1 aliphatic heterocycles. The van der Waals surface area contributed by atoms with Crippen LogP contribution >= 0.6 is 11.8 Å². The van der Waals surface area contributed by atoms with Crippen LogP contribution in [0.2, 0.25) is 0 Å². The zero-order valence-corrected chi connectivity index (χ0v) is 13.3. The van der Waals surface area contributed by atoms with Gasteiger partial charge in [-0.25, -0.2) is 0 Å². The summed E-state index contributed by atoms with van der Waals surface area (Å²) in [7, 11) is 0. The Labute approximate surface area is 130 Å². The standard InChI is InChI=1S/C15H23N3O2S/c1-2-21-13-3-8-16-9-11-17(12-10-16)14-4-6-15(7-5-14)18(19)20/h4-7H,2-3,8-13H2,1H3. The number of nitro benzene ring substituents is 1. The molecule has 6 heteroatoms. The number of anilines is 1. The average Bonchev–Trinajstić information content (AvgIpc) is 2.52. The molecule has 1 fully saturated rings. The Morgan fingerprint density at radius 1 is 1.19 bits per heavy atom. The highest BCUT2D eigenvalue weighted by Gasteiger charge is 2.17. The predicted molar refractivity (Wildman–Crippen MR) is 89.4 cm³/mol. The first-order chi connectivity index (χ1) is 10.2. The SMILES string of the molecule is CCSCCCN1CCN(c2ccc([N+](=O)[O-])cc2)CC1. The van der Waals surface area contributed by atoms with E-state index in [1.807, 2.05) is 23.9 Å². The van der Waals surface area contributed by atoms with Gasteiger partial charge in [-0.15, -0.1) is 0 Å². The fourth-order valence-electron chi connectivity index (χ4n) is 2.55. The Balaban J connectivity index is 1.76. The molecule has 0 atom stereocenters. The lowest BCUT2D eigenvalue weighted by molar-refractivity contribution is -0.384. The van der Waals surface area contributed by atoms with Crippen LogP contribution in [0.3, 0.4) is 0 Å². The second kappa shape index (κ2) is 8.24. The van der Waals surface area contributed by atoms with Gasteiger partial charge in [0.2, 0.25) is 0 Å². The molecule has 0 unspecified atom stereocenters. The van der Waals surface area contributed by atoms with E-state index in [0.717, 1.165) is 31.9 Å². The largest absolute Gasteiger partial charge is 0.369 e. The van der Waals surface area contributed by atoms with Gasteiger partial charge in [0.05, 0.1) is 4.92 Å². The van der Waals surface area contributed by atoms with Crippen molar-refractivity contribution in [2.45, 2.75) is 13.3 Å². The van der Waals surface area contributed by atoms with Crippen LogP contribution in [-0.2, 0) is 0 Å². The summed E-state index contributed by atoms with van der Waals surface area (Å²) in [5.41, 5.74) is 1.24. The number of non-ortho nitro benzene ring substituents is 1. The molecule has 0 spiro atoms. The Hall–Kier alpha value is -1.27. The molecule has 0 radical (unpaired) electrons. The third-order valence-electron chi connectivity index (χ3n) is 3.77. The zero-order valence-electron chi connectivity index (χ0n) is 12.5.